The highest BCUT2D eigenvalue weighted by atomic mass is 16.3. The predicted octanol–water partition coefficient (Wildman–Crippen LogP) is 1.58. The summed E-state index contributed by atoms with van der Waals surface area (Å²) in [5, 5.41) is 9.99. The molecular weight excluding hydrogens is 280 g/mol. The van der Waals surface area contributed by atoms with Crippen LogP contribution in [-0.4, -0.2) is 46.6 Å². The van der Waals surface area contributed by atoms with Gasteiger partial charge in [0, 0.05) is 32.1 Å². The van der Waals surface area contributed by atoms with E-state index in [9.17, 15) is 14.7 Å². The number of hydrogen-bond acceptors (Lipinski definition) is 3. The highest BCUT2D eigenvalue weighted by Gasteiger charge is 2.39. The summed E-state index contributed by atoms with van der Waals surface area (Å²) in [6, 6.07) is 7.09. The number of benzene rings is 1. The molecule has 0 unspecified atom stereocenters. The van der Waals surface area contributed by atoms with Gasteiger partial charge in [0.05, 0.1) is 5.60 Å². The van der Waals surface area contributed by atoms with Crippen LogP contribution in [-0.2, 0) is 16.0 Å². The molecule has 0 saturated heterocycles. The van der Waals surface area contributed by atoms with Crippen molar-refractivity contribution < 1.29 is 14.7 Å². The van der Waals surface area contributed by atoms with Crippen LogP contribution in [0.15, 0.2) is 24.3 Å². The van der Waals surface area contributed by atoms with Gasteiger partial charge >= 0.3 is 0 Å². The summed E-state index contributed by atoms with van der Waals surface area (Å²) < 4.78 is 0. The van der Waals surface area contributed by atoms with Crippen molar-refractivity contribution in [3.63, 3.8) is 0 Å². The maximum absolute atomic E-state index is 12.9. The Morgan fingerprint density at radius 3 is 2.55 bits per heavy atom. The van der Waals surface area contributed by atoms with Crippen LogP contribution in [0.2, 0.25) is 0 Å². The zero-order valence-corrected chi connectivity index (χ0v) is 13.7. The minimum Gasteiger partial charge on any atom is -0.389 e. The first-order valence-electron chi connectivity index (χ1n) is 7.63. The number of anilines is 1. The van der Waals surface area contributed by atoms with Gasteiger partial charge in [0.25, 0.3) is 0 Å². The highest BCUT2D eigenvalue weighted by Crippen LogP contribution is 2.33. The van der Waals surface area contributed by atoms with Gasteiger partial charge in [-0.3, -0.25) is 14.5 Å². The van der Waals surface area contributed by atoms with E-state index in [0.29, 0.717) is 13.0 Å². The number of carbonyl (C=O) groups excluding carboxylic acids is 2. The topological polar surface area (TPSA) is 60.9 Å². The van der Waals surface area contributed by atoms with E-state index in [1.54, 1.807) is 23.6 Å². The Hall–Kier alpha value is -1.88. The lowest BCUT2D eigenvalue weighted by atomic mass is 10.1. The molecule has 1 aliphatic rings. The van der Waals surface area contributed by atoms with Crippen LogP contribution >= 0.6 is 0 Å². The van der Waals surface area contributed by atoms with Crippen LogP contribution in [0, 0.1) is 0 Å². The van der Waals surface area contributed by atoms with Gasteiger partial charge in [-0.25, -0.2) is 0 Å². The molecule has 2 amide bonds. The zero-order chi connectivity index (χ0) is 16.5. The molecule has 0 aliphatic carbocycles. The third kappa shape index (κ3) is 3.30. The van der Waals surface area contributed by atoms with Crippen molar-refractivity contribution in [1.29, 1.82) is 0 Å². The van der Waals surface area contributed by atoms with Crippen molar-refractivity contribution in [1.82, 2.24) is 4.90 Å². The molecule has 22 heavy (non-hydrogen) atoms. The third-order valence-electron chi connectivity index (χ3n) is 3.87. The molecule has 0 bridgehead atoms. The zero-order valence-electron chi connectivity index (χ0n) is 13.7. The first-order chi connectivity index (χ1) is 10.2. The fourth-order valence-electron chi connectivity index (χ4n) is 3.00. The molecule has 0 spiro atoms. The van der Waals surface area contributed by atoms with Crippen molar-refractivity contribution in [3.05, 3.63) is 29.8 Å². The van der Waals surface area contributed by atoms with Crippen molar-refractivity contribution in [3.8, 4) is 0 Å². The molecular formula is C17H24N2O3. The Bertz CT molecular complexity index is 578. The molecule has 0 radical (unpaired) electrons. The van der Waals surface area contributed by atoms with E-state index in [-0.39, 0.29) is 18.4 Å². The molecule has 1 aliphatic heterocycles. The first kappa shape index (κ1) is 16.5. The Kier molecular flexibility index (Phi) is 4.56. The van der Waals surface area contributed by atoms with Gasteiger partial charge in [-0.2, -0.15) is 0 Å². The quantitative estimate of drug-likeness (QED) is 0.919. The molecule has 120 valence electrons. The van der Waals surface area contributed by atoms with Crippen molar-refractivity contribution in [2.24, 2.45) is 0 Å². The van der Waals surface area contributed by atoms with E-state index < -0.39 is 11.6 Å². The summed E-state index contributed by atoms with van der Waals surface area (Å²) in [7, 11) is 0. The number of carbonyl (C=O) groups is 2. The first-order valence-corrected chi connectivity index (χ1v) is 7.63. The molecule has 1 N–H and O–H groups in total. The van der Waals surface area contributed by atoms with Crippen LogP contribution in [0.3, 0.4) is 0 Å². The van der Waals surface area contributed by atoms with Gasteiger partial charge in [-0.15, -0.1) is 0 Å². The van der Waals surface area contributed by atoms with E-state index in [0.717, 1.165) is 11.3 Å². The normalized spacial score (nSPS) is 17.3. The molecule has 1 aromatic carbocycles. The van der Waals surface area contributed by atoms with Crippen LogP contribution in [0.4, 0.5) is 5.69 Å². The van der Waals surface area contributed by atoms with E-state index in [2.05, 4.69) is 0 Å². The highest BCUT2D eigenvalue weighted by molar-refractivity contribution is 6.02. The number of nitrogens with zero attached hydrogens (tertiary/aromatic N) is 2. The maximum Gasteiger partial charge on any atom is 0.246 e. The number of amides is 2. The molecule has 0 saturated carbocycles. The Balaban J connectivity index is 2.28. The average molecular weight is 304 g/mol. The van der Waals surface area contributed by atoms with Crippen molar-refractivity contribution >= 4 is 17.5 Å². The fourth-order valence-corrected chi connectivity index (χ4v) is 3.00. The van der Waals surface area contributed by atoms with Crippen LogP contribution in [0.25, 0.3) is 0 Å². The number of para-hydroxylation sites is 1. The second-order valence-electron chi connectivity index (χ2n) is 6.40. The SMILES string of the molecule is CCN(CC(C)(C)O)C(=O)[C@@H]1Cc2ccccc2N1C(C)=O. The van der Waals surface area contributed by atoms with Crippen LogP contribution in [0.5, 0.6) is 0 Å². The van der Waals surface area contributed by atoms with Crippen LogP contribution in [0.1, 0.15) is 33.3 Å². The largest absolute Gasteiger partial charge is 0.389 e. The summed E-state index contributed by atoms with van der Waals surface area (Å²) in [6.07, 6.45) is 0.525. The monoisotopic (exact) mass is 304 g/mol. The van der Waals surface area contributed by atoms with Gasteiger partial charge in [-0.05, 0) is 32.4 Å². The number of aliphatic hydroxyl groups is 1. The number of hydrogen-bond donors (Lipinski definition) is 1. The number of fused-ring (bicyclic) bond motifs is 1. The molecule has 5 nitrogen and oxygen atoms in total. The fraction of sp³-hybridized carbons (Fsp3) is 0.529. The standard InChI is InChI=1S/C17H24N2O3/c1-5-18(11-17(3,4)22)16(21)15-10-13-8-6-7-9-14(13)19(15)12(2)20/h6-9,15,22H,5,10-11H2,1-4H3/t15-/m0/s1. The van der Waals surface area contributed by atoms with Gasteiger partial charge in [0.15, 0.2) is 0 Å². The van der Waals surface area contributed by atoms with Gasteiger partial charge in [-0.1, -0.05) is 18.2 Å². The van der Waals surface area contributed by atoms with E-state index in [4.69, 9.17) is 0 Å². The van der Waals surface area contributed by atoms with Gasteiger partial charge < -0.3 is 10.0 Å². The second-order valence-corrected chi connectivity index (χ2v) is 6.40. The van der Waals surface area contributed by atoms with Crippen LogP contribution < -0.4 is 4.90 Å². The summed E-state index contributed by atoms with van der Waals surface area (Å²) >= 11 is 0. The molecule has 0 fully saturated rings. The van der Waals surface area contributed by atoms with E-state index >= 15 is 0 Å². The Morgan fingerprint density at radius 2 is 2.00 bits per heavy atom. The van der Waals surface area contributed by atoms with E-state index in [1.807, 2.05) is 31.2 Å². The summed E-state index contributed by atoms with van der Waals surface area (Å²) in [4.78, 5) is 28.1. The molecule has 1 atom stereocenters. The maximum atomic E-state index is 12.9. The second kappa shape index (κ2) is 6.08. The Morgan fingerprint density at radius 1 is 1.36 bits per heavy atom. The lowest BCUT2D eigenvalue weighted by molar-refractivity contribution is -0.136. The number of rotatable bonds is 4. The Labute approximate surface area is 131 Å². The lowest BCUT2D eigenvalue weighted by Gasteiger charge is -2.32. The lowest BCUT2D eigenvalue weighted by Crippen LogP contribution is -2.52. The summed E-state index contributed by atoms with van der Waals surface area (Å²) in [5.74, 6) is -0.251. The molecule has 1 heterocycles. The summed E-state index contributed by atoms with van der Waals surface area (Å²) in [6.45, 7) is 7.46. The summed E-state index contributed by atoms with van der Waals surface area (Å²) in [5.41, 5.74) is 0.862. The minimum absolute atomic E-state index is 0.115. The van der Waals surface area contributed by atoms with Gasteiger partial charge in [0.2, 0.25) is 11.8 Å². The van der Waals surface area contributed by atoms with E-state index in [1.165, 1.54) is 6.92 Å². The molecule has 2 rings (SSSR count). The van der Waals surface area contributed by atoms with Crippen molar-refractivity contribution in [2.45, 2.75) is 45.8 Å². The molecule has 1 aromatic rings. The third-order valence-corrected chi connectivity index (χ3v) is 3.87. The smallest absolute Gasteiger partial charge is 0.246 e. The predicted molar refractivity (Wildman–Crippen MR) is 85.6 cm³/mol. The molecule has 5 heteroatoms. The molecule has 0 aromatic heterocycles. The van der Waals surface area contributed by atoms with Gasteiger partial charge in [0.1, 0.15) is 6.04 Å². The minimum atomic E-state index is -0.960. The number of likely N-dealkylation sites (N-methyl/N-ethyl adjacent to an activating group) is 1. The average Bonchev–Trinajstić information content (AvgIpc) is 2.82. The van der Waals surface area contributed by atoms with Crippen molar-refractivity contribution in [2.75, 3.05) is 18.0 Å².